The lowest BCUT2D eigenvalue weighted by molar-refractivity contribution is -0.145. The molecular weight excluding hydrogens is 475 g/mol. The Bertz CT molecular complexity index is 1000. The number of amides is 2. The molecule has 1 unspecified atom stereocenters. The van der Waals surface area contributed by atoms with E-state index < -0.39 is 0 Å². The van der Waals surface area contributed by atoms with Crippen molar-refractivity contribution in [2.45, 2.75) is 58.4 Å². The van der Waals surface area contributed by atoms with Gasteiger partial charge in [-0.25, -0.2) is 0 Å². The molecule has 2 aliphatic rings. The summed E-state index contributed by atoms with van der Waals surface area (Å²) in [7, 11) is 0. The summed E-state index contributed by atoms with van der Waals surface area (Å²) in [6, 6.07) is 7.31. The normalized spacial score (nSPS) is 18.9. The molecule has 33 heavy (non-hydrogen) atoms. The SMILES string of the molecule is CC(C)CN(CC(=O)N1CCc2sccc2C1c1ccc(Cl)cc1Cl)C(=O)C1CCCCC1. The van der Waals surface area contributed by atoms with Crippen molar-refractivity contribution < 1.29 is 9.59 Å². The van der Waals surface area contributed by atoms with Gasteiger partial charge in [-0.15, -0.1) is 11.3 Å². The average molecular weight is 508 g/mol. The number of halogens is 2. The highest BCUT2D eigenvalue weighted by atomic mass is 35.5. The number of carbonyl (C=O) groups is 2. The van der Waals surface area contributed by atoms with Crippen LogP contribution in [-0.4, -0.2) is 41.2 Å². The summed E-state index contributed by atoms with van der Waals surface area (Å²) in [6.07, 6.45) is 6.10. The van der Waals surface area contributed by atoms with Gasteiger partial charge >= 0.3 is 0 Å². The predicted molar refractivity (Wildman–Crippen MR) is 136 cm³/mol. The van der Waals surface area contributed by atoms with E-state index in [-0.39, 0.29) is 30.3 Å². The van der Waals surface area contributed by atoms with E-state index >= 15 is 0 Å². The Kier molecular flexibility index (Phi) is 8.03. The van der Waals surface area contributed by atoms with E-state index in [2.05, 4.69) is 25.3 Å². The minimum Gasteiger partial charge on any atom is -0.333 e. The van der Waals surface area contributed by atoms with Crippen LogP contribution in [0.1, 0.15) is 68.0 Å². The Morgan fingerprint density at radius 1 is 1.12 bits per heavy atom. The zero-order chi connectivity index (χ0) is 23.5. The van der Waals surface area contributed by atoms with Crippen LogP contribution in [0.25, 0.3) is 0 Å². The highest BCUT2D eigenvalue weighted by molar-refractivity contribution is 7.10. The molecule has 1 aliphatic carbocycles. The van der Waals surface area contributed by atoms with E-state index in [9.17, 15) is 9.59 Å². The van der Waals surface area contributed by atoms with Crippen LogP contribution in [0.3, 0.4) is 0 Å². The molecule has 4 rings (SSSR count). The third kappa shape index (κ3) is 5.58. The maximum Gasteiger partial charge on any atom is 0.242 e. The average Bonchev–Trinajstić information content (AvgIpc) is 3.27. The van der Waals surface area contributed by atoms with Crippen molar-refractivity contribution in [1.29, 1.82) is 0 Å². The fourth-order valence-electron chi connectivity index (χ4n) is 5.18. The van der Waals surface area contributed by atoms with Gasteiger partial charge in [0.15, 0.2) is 0 Å². The molecule has 0 saturated heterocycles. The monoisotopic (exact) mass is 506 g/mol. The van der Waals surface area contributed by atoms with Crippen LogP contribution in [0.5, 0.6) is 0 Å². The Hall–Kier alpha value is -1.56. The number of hydrogen-bond acceptors (Lipinski definition) is 3. The minimum absolute atomic E-state index is 0.0207. The van der Waals surface area contributed by atoms with Crippen molar-refractivity contribution in [2.24, 2.45) is 11.8 Å². The Labute approximate surface area is 210 Å². The second-order valence-corrected chi connectivity index (χ2v) is 11.5. The van der Waals surface area contributed by atoms with Crippen LogP contribution >= 0.6 is 34.5 Å². The van der Waals surface area contributed by atoms with Crippen molar-refractivity contribution in [3.63, 3.8) is 0 Å². The van der Waals surface area contributed by atoms with Gasteiger partial charge in [0.25, 0.3) is 0 Å². The van der Waals surface area contributed by atoms with Crippen LogP contribution in [-0.2, 0) is 16.0 Å². The molecule has 0 radical (unpaired) electrons. The zero-order valence-corrected chi connectivity index (χ0v) is 21.7. The molecule has 2 aromatic rings. The van der Waals surface area contributed by atoms with Gasteiger partial charge in [-0.05, 0) is 59.9 Å². The molecule has 1 aromatic carbocycles. The maximum absolute atomic E-state index is 13.7. The number of benzene rings is 1. The van der Waals surface area contributed by atoms with Gasteiger partial charge in [-0.3, -0.25) is 9.59 Å². The van der Waals surface area contributed by atoms with Crippen LogP contribution in [0.2, 0.25) is 10.0 Å². The smallest absolute Gasteiger partial charge is 0.242 e. The van der Waals surface area contributed by atoms with Crippen molar-refractivity contribution in [1.82, 2.24) is 9.80 Å². The van der Waals surface area contributed by atoms with E-state index in [4.69, 9.17) is 23.2 Å². The highest BCUT2D eigenvalue weighted by Crippen LogP contribution is 2.41. The lowest BCUT2D eigenvalue weighted by Crippen LogP contribution is -2.49. The molecule has 178 valence electrons. The molecule has 0 bridgehead atoms. The molecule has 0 N–H and O–H groups in total. The van der Waals surface area contributed by atoms with E-state index in [0.29, 0.717) is 29.1 Å². The summed E-state index contributed by atoms with van der Waals surface area (Å²) in [6.45, 7) is 5.53. The zero-order valence-electron chi connectivity index (χ0n) is 19.4. The van der Waals surface area contributed by atoms with Crippen LogP contribution in [0.4, 0.5) is 0 Å². The van der Waals surface area contributed by atoms with Gasteiger partial charge < -0.3 is 9.80 Å². The summed E-state index contributed by atoms with van der Waals surface area (Å²) >= 11 is 14.5. The van der Waals surface area contributed by atoms with E-state index in [1.165, 1.54) is 11.3 Å². The second kappa shape index (κ2) is 10.8. The summed E-state index contributed by atoms with van der Waals surface area (Å²) in [5.74, 6) is 0.479. The maximum atomic E-state index is 13.7. The van der Waals surface area contributed by atoms with Crippen LogP contribution in [0.15, 0.2) is 29.6 Å². The molecule has 2 heterocycles. The predicted octanol–water partition coefficient (Wildman–Crippen LogP) is 6.59. The summed E-state index contributed by atoms with van der Waals surface area (Å²) in [5.41, 5.74) is 2.00. The molecule has 1 aliphatic heterocycles. The van der Waals surface area contributed by atoms with Crippen LogP contribution in [0, 0.1) is 11.8 Å². The first-order chi connectivity index (χ1) is 15.8. The minimum atomic E-state index is -0.261. The fraction of sp³-hybridized carbons (Fsp3) is 0.538. The third-order valence-electron chi connectivity index (χ3n) is 6.72. The fourth-order valence-corrected chi connectivity index (χ4v) is 6.59. The Morgan fingerprint density at radius 3 is 2.58 bits per heavy atom. The number of hydrogen-bond donors (Lipinski definition) is 0. The highest BCUT2D eigenvalue weighted by Gasteiger charge is 2.36. The van der Waals surface area contributed by atoms with Gasteiger partial charge in [-0.1, -0.05) is 62.4 Å². The standard InChI is InChI=1S/C26H32Cl2N2O2S/c1-17(2)15-29(26(32)18-6-4-3-5-7-18)16-24(31)30-12-10-23-21(11-13-33-23)25(30)20-9-8-19(27)14-22(20)28/h8-9,11,13-14,17-18,25H,3-7,10,12,15-16H2,1-2H3. The molecule has 7 heteroatoms. The van der Waals surface area contributed by atoms with Crippen molar-refractivity contribution in [2.75, 3.05) is 19.6 Å². The summed E-state index contributed by atoms with van der Waals surface area (Å²) in [4.78, 5) is 32.1. The lowest BCUT2D eigenvalue weighted by atomic mass is 9.88. The first kappa shape index (κ1) is 24.6. The second-order valence-electron chi connectivity index (χ2n) is 9.65. The number of carbonyl (C=O) groups excluding carboxylic acids is 2. The number of fused-ring (bicyclic) bond motifs is 1. The molecule has 1 atom stereocenters. The van der Waals surface area contributed by atoms with Gasteiger partial charge in [0, 0.05) is 33.9 Å². The van der Waals surface area contributed by atoms with Gasteiger partial charge in [-0.2, -0.15) is 0 Å². The van der Waals surface area contributed by atoms with E-state index in [0.717, 1.165) is 43.2 Å². The first-order valence-corrected chi connectivity index (χ1v) is 13.6. The lowest BCUT2D eigenvalue weighted by Gasteiger charge is -2.38. The van der Waals surface area contributed by atoms with Crippen LogP contribution < -0.4 is 0 Å². The van der Waals surface area contributed by atoms with Crippen molar-refractivity contribution >= 4 is 46.4 Å². The van der Waals surface area contributed by atoms with Crippen molar-refractivity contribution in [3.05, 3.63) is 55.7 Å². The summed E-state index contributed by atoms with van der Waals surface area (Å²) < 4.78 is 0. The molecule has 1 fully saturated rings. The Balaban J connectivity index is 1.60. The number of nitrogens with zero attached hydrogens (tertiary/aromatic N) is 2. The van der Waals surface area contributed by atoms with Gasteiger partial charge in [0.1, 0.15) is 0 Å². The molecule has 1 aromatic heterocycles. The Morgan fingerprint density at radius 2 is 1.88 bits per heavy atom. The number of thiophene rings is 1. The molecule has 4 nitrogen and oxygen atoms in total. The quantitative estimate of drug-likeness (QED) is 0.442. The molecular formula is C26H32Cl2N2O2S. The third-order valence-corrected chi connectivity index (χ3v) is 8.28. The molecule has 1 saturated carbocycles. The number of rotatable bonds is 6. The largest absolute Gasteiger partial charge is 0.333 e. The molecule has 0 spiro atoms. The van der Waals surface area contributed by atoms with Gasteiger partial charge in [0.05, 0.1) is 12.6 Å². The first-order valence-electron chi connectivity index (χ1n) is 11.9. The molecule has 2 amide bonds. The van der Waals surface area contributed by atoms with E-state index in [1.54, 1.807) is 17.4 Å². The van der Waals surface area contributed by atoms with Gasteiger partial charge in [0.2, 0.25) is 11.8 Å². The van der Waals surface area contributed by atoms with Crippen molar-refractivity contribution in [3.8, 4) is 0 Å². The topological polar surface area (TPSA) is 40.6 Å². The summed E-state index contributed by atoms with van der Waals surface area (Å²) in [5, 5.41) is 3.21. The van der Waals surface area contributed by atoms with E-state index in [1.807, 2.05) is 21.9 Å².